The van der Waals surface area contributed by atoms with Gasteiger partial charge in [-0.15, -0.1) is 0 Å². The Labute approximate surface area is 106 Å². The molecule has 0 bridgehead atoms. The smallest absolute Gasteiger partial charge is 0.159 e. The standard InChI is InChI=1S/C13H19F2NS/c1-4-9(2)17-8-13(16-3)10-5-6-11(14)12(15)7-10/h5-7,9,13,16H,4,8H2,1-3H3. The van der Waals surface area contributed by atoms with Gasteiger partial charge in [0.25, 0.3) is 0 Å². The Morgan fingerprint density at radius 1 is 1.29 bits per heavy atom. The molecule has 1 rings (SSSR count). The molecule has 17 heavy (non-hydrogen) atoms. The van der Waals surface area contributed by atoms with Crippen molar-refractivity contribution >= 4 is 11.8 Å². The van der Waals surface area contributed by atoms with E-state index in [1.807, 2.05) is 18.8 Å². The Bertz CT molecular complexity index is 357. The van der Waals surface area contributed by atoms with Gasteiger partial charge in [-0.2, -0.15) is 11.8 Å². The van der Waals surface area contributed by atoms with Crippen LogP contribution in [0.25, 0.3) is 0 Å². The van der Waals surface area contributed by atoms with Gasteiger partial charge in [0.1, 0.15) is 0 Å². The summed E-state index contributed by atoms with van der Waals surface area (Å²) in [5, 5.41) is 3.71. The molecule has 0 aliphatic heterocycles. The van der Waals surface area contributed by atoms with E-state index in [0.29, 0.717) is 5.25 Å². The fourth-order valence-electron chi connectivity index (χ4n) is 1.45. The first-order chi connectivity index (χ1) is 8.08. The molecule has 0 saturated heterocycles. The molecule has 2 unspecified atom stereocenters. The van der Waals surface area contributed by atoms with Gasteiger partial charge >= 0.3 is 0 Å². The van der Waals surface area contributed by atoms with Crippen molar-refractivity contribution in [3.05, 3.63) is 35.4 Å². The van der Waals surface area contributed by atoms with Crippen LogP contribution in [0.1, 0.15) is 31.9 Å². The molecule has 0 aliphatic carbocycles. The van der Waals surface area contributed by atoms with Crippen LogP contribution in [0.5, 0.6) is 0 Å². The molecular weight excluding hydrogens is 240 g/mol. The number of benzene rings is 1. The van der Waals surface area contributed by atoms with Crippen LogP contribution in [0.3, 0.4) is 0 Å². The third-order valence-electron chi connectivity index (χ3n) is 2.82. The highest BCUT2D eigenvalue weighted by atomic mass is 32.2. The number of hydrogen-bond acceptors (Lipinski definition) is 2. The Morgan fingerprint density at radius 3 is 2.53 bits per heavy atom. The largest absolute Gasteiger partial charge is 0.312 e. The van der Waals surface area contributed by atoms with Gasteiger partial charge in [0.05, 0.1) is 0 Å². The zero-order chi connectivity index (χ0) is 12.8. The first-order valence-electron chi connectivity index (χ1n) is 5.82. The van der Waals surface area contributed by atoms with Crippen LogP contribution >= 0.6 is 11.8 Å². The molecule has 4 heteroatoms. The maximum atomic E-state index is 13.1. The highest BCUT2D eigenvalue weighted by Crippen LogP contribution is 2.23. The molecule has 1 N–H and O–H groups in total. The van der Waals surface area contributed by atoms with E-state index < -0.39 is 11.6 Å². The predicted octanol–water partition coefficient (Wildman–Crippen LogP) is 3.76. The number of thioether (sulfide) groups is 1. The van der Waals surface area contributed by atoms with Gasteiger partial charge in [0.2, 0.25) is 0 Å². The lowest BCUT2D eigenvalue weighted by Crippen LogP contribution is -2.20. The summed E-state index contributed by atoms with van der Waals surface area (Å²) in [7, 11) is 1.84. The zero-order valence-electron chi connectivity index (χ0n) is 10.5. The van der Waals surface area contributed by atoms with Crippen molar-refractivity contribution in [3.8, 4) is 0 Å². The second-order valence-electron chi connectivity index (χ2n) is 4.07. The molecular formula is C13H19F2NS. The number of halogens is 2. The normalized spacial score (nSPS) is 14.6. The maximum Gasteiger partial charge on any atom is 0.159 e. The van der Waals surface area contributed by atoms with Crippen LogP contribution in [0.15, 0.2) is 18.2 Å². The monoisotopic (exact) mass is 259 g/mol. The molecule has 96 valence electrons. The van der Waals surface area contributed by atoms with Crippen molar-refractivity contribution in [2.24, 2.45) is 0 Å². The third kappa shape index (κ3) is 4.28. The maximum absolute atomic E-state index is 13.1. The van der Waals surface area contributed by atoms with Crippen LogP contribution in [0.2, 0.25) is 0 Å². The second kappa shape index (κ2) is 6.97. The SMILES string of the molecule is CCC(C)SCC(NC)c1ccc(F)c(F)c1. The topological polar surface area (TPSA) is 12.0 Å². The fourth-order valence-corrected chi connectivity index (χ4v) is 2.57. The molecule has 2 atom stereocenters. The van der Waals surface area contributed by atoms with Gasteiger partial charge in [-0.3, -0.25) is 0 Å². The lowest BCUT2D eigenvalue weighted by Gasteiger charge is -2.18. The van der Waals surface area contributed by atoms with Crippen molar-refractivity contribution in [1.82, 2.24) is 5.32 Å². The van der Waals surface area contributed by atoms with Crippen LogP contribution in [-0.4, -0.2) is 18.1 Å². The van der Waals surface area contributed by atoms with Gasteiger partial charge in [0, 0.05) is 17.0 Å². The quantitative estimate of drug-likeness (QED) is 0.835. The van der Waals surface area contributed by atoms with E-state index in [4.69, 9.17) is 0 Å². The Hall–Kier alpha value is -0.610. The Morgan fingerprint density at radius 2 is 2.00 bits per heavy atom. The predicted molar refractivity (Wildman–Crippen MR) is 70.4 cm³/mol. The Balaban J connectivity index is 2.69. The molecule has 0 spiro atoms. The average molecular weight is 259 g/mol. The minimum Gasteiger partial charge on any atom is -0.312 e. The van der Waals surface area contributed by atoms with Crippen molar-refractivity contribution in [3.63, 3.8) is 0 Å². The summed E-state index contributed by atoms with van der Waals surface area (Å²) in [4.78, 5) is 0. The van der Waals surface area contributed by atoms with Crippen molar-refractivity contribution in [2.45, 2.75) is 31.6 Å². The van der Waals surface area contributed by atoms with Gasteiger partial charge in [0.15, 0.2) is 11.6 Å². The van der Waals surface area contributed by atoms with E-state index in [1.165, 1.54) is 12.1 Å². The summed E-state index contributed by atoms with van der Waals surface area (Å²) in [5.74, 6) is -0.717. The first-order valence-corrected chi connectivity index (χ1v) is 6.87. The van der Waals surface area contributed by atoms with Gasteiger partial charge in [-0.1, -0.05) is 19.9 Å². The molecule has 1 aromatic rings. The van der Waals surface area contributed by atoms with E-state index in [0.717, 1.165) is 17.7 Å². The van der Waals surface area contributed by atoms with Crippen LogP contribution in [-0.2, 0) is 0 Å². The molecule has 1 nitrogen and oxygen atoms in total. The molecule has 1 aromatic carbocycles. The second-order valence-corrected chi connectivity index (χ2v) is 5.54. The van der Waals surface area contributed by atoms with E-state index >= 15 is 0 Å². The minimum atomic E-state index is -0.793. The van der Waals surface area contributed by atoms with E-state index in [-0.39, 0.29) is 6.04 Å². The summed E-state index contributed by atoms with van der Waals surface area (Å²) in [5.41, 5.74) is 0.794. The van der Waals surface area contributed by atoms with Gasteiger partial charge < -0.3 is 5.32 Å². The third-order valence-corrected chi connectivity index (χ3v) is 4.24. The molecule has 0 heterocycles. The lowest BCUT2D eigenvalue weighted by molar-refractivity contribution is 0.504. The highest BCUT2D eigenvalue weighted by molar-refractivity contribution is 7.99. The minimum absolute atomic E-state index is 0.0594. The summed E-state index contributed by atoms with van der Waals surface area (Å²) in [6, 6.07) is 4.15. The molecule has 0 aliphatic rings. The highest BCUT2D eigenvalue weighted by Gasteiger charge is 2.13. The van der Waals surface area contributed by atoms with Crippen molar-refractivity contribution in [2.75, 3.05) is 12.8 Å². The lowest BCUT2D eigenvalue weighted by atomic mass is 10.1. The molecule has 0 amide bonds. The van der Waals surface area contributed by atoms with Crippen molar-refractivity contribution < 1.29 is 8.78 Å². The zero-order valence-corrected chi connectivity index (χ0v) is 11.3. The van der Waals surface area contributed by atoms with Crippen LogP contribution in [0.4, 0.5) is 8.78 Å². The fraction of sp³-hybridized carbons (Fsp3) is 0.538. The van der Waals surface area contributed by atoms with Crippen LogP contribution < -0.4 is 5.32 Å². The summed E-state index contributed by atoms with van der Waals surface area (Å²) in [6.07, 6.45) is 1.11. The first kappa shape index (κ1) is 14.5. The molecule has 0 aromatic heterocycles. The van der Waals surface area contributed by atoms with E-state index in [2.05, 4.69) is 19.2 Å². The molecule has 0 radical (unpaired) electrons. The molecule has 0 fully saturated rings. The summed E-state index contributed by atoms with van der Waals surface area (Å²) >= 11 is 1.84. The van der Waals surface area contributed by atoms with Crippen LogP contribution in [0, 0.1) is 11.6 Å². The van der Waals surface area contributed by atoms with Gasteiger partial charge in [-0.25, -0.2) is 8.78 Å². The van der Waals surface area contributed by atoms with Crippen molar-refractivity contribution in [1.29, 1.82) is 0 Å². The Kier molecular flexibility index (Phi) is 5.92. The number of hydrogen-bond donors (Lipinski definition) is 1. The molecule has 0 saturated carbocycles. The van der Waals surface area contributed by atoms with E-state index in [1.54, 1.807) is 6.07 Å². The summed E-state index contributed by atoms with van der Waals surface area (Å²) in [6.45, 7) is 4.31. The van der Waals surface area contributed by atoms with E-state index in [9.17, 15) is 8.78 Å². The number of nitrogens with one attached hydrogen (secondary N) is 1. The van der Waals surface area contributed by atoms with Gasteiger partial charge in [-0.05, 0) is 31.2 Å². The number of rotatable bonds is 6. The summed E-state index contributed by atoms with van der Waals surface area (Å²) < 4.78 is 26.0. The average Bonchev–Trinajstić information content (AvgIpc) is 2.33.